The summed E-state index contributed by atoms with van der Waals surface area (Å²) in [7, 11) is -4.11. The number of carboxylic acid groups (broad SMARTS) is 1. The van der Waals surface area contributed by atoms with Crippen molar-refractivity contribution in [2.75, 3.05) is 19.7 Å². The Morgan fingerprint density at radius 1 is 0.981 bits per heavy atom. The topological polar surface area (TPSA) is 225 Å². The number of aliphatic carboxylic acids is 1. The van der Waals surface area contributed by atoms with Gasteiger partial charge in [0.15, 0.2) is 0 Å². The number of carboxylic acids is 1. The van der Waals surface area contributed by atoms with E-state index >= 15 is 0 Å². The molecule has 0 bridgehead atoms. The highest BCUT2D eigenvalue weighted by atomic mass is 32.2. The molecule has 0 spiro atoms. The van der Waals surface area contributed by atoms with Gasteiger partial charge < -0.3 is 36.7 Å². The van der Waals surface area contributed by atoms with Crippen LogP contribution in [-0.4, -0.2) is 74.8 Å². The van der Waals surface area contributed by atoms with Crippen LogP contribution < -0.4 is 31.6 Å². The number of carbonyl (C=O) groups is 3. The fourth-order valence-electron chi connectivity index (χ4n) is 6.91. The van der Waals surface area contributed by atoms with Gasteiger partial charge >= 0.3 is 12.1 Å². The summed E-state index contributed by atoms with van der Waals surface area (Å²) in [6.07, 6.45) is -0.246. The third-order valence-corrected chi connectivity index (χ3v) is 11.2. The predicted molar refractivity (Wildman–Crippen MR) is 196 cm³/mol. The Labute approximate surface area is 303 Å². The number of nitrogens with one attached hydrogen (secondary N) is 3. The van der Waals surface area contributed by atoms with E-state index in [0.717, 1.165) is 33.4 Å². The highest BCUT2D eigenvalue weighted by Gasteiger charge is 2.37. The quantitative estimate of drug-likeness (QED) is 0.0855. The molecule has 0 radical (unpaired) electrons. The van der Waals surface area contributed by atoms with Crippen LogP contribution in [0.15, 0.2) is 58.4 Å². The summed E-state index contributed by atoms with van der Waals surface area (Å²) >= 11 is 0. The molecule has 15 heteroatoms. The number of benzene rings is 3. The van der Waals surface area contributed by atoms with Gasteiger partial charge in [0.2, 0.25) is 11.9 Å². The monoisotopic (exact) mass is 734 g/mol. The molecule has 8 N–H and O–H groups in total. The summed E-state index contributed by atoms with van der Waals surface area (Å²) in [6.45, 7) is 8.83. The Kier molecular flexibility index (Phi) is 11.1. The van der Waals surface area contributed by atoms with Crippen molar-refractivity contribution in [1.29, 1.82) is 0 Å². The molecule has 0 aromatic heterocycles. The maximum absolute atomic E-state index is 13.4. The molecule has 2 amide bonds. The Hall–Kier alpha value is -5.15. The summed E-state index contributed by atoms with van der Waals surface area (Å²) < 4.78 is 40.8. The third kappa shape index (κ3) is 8.00. The minimum Gasteiger partial charge on any atom is -0.487 e. The molecule has 52 heavy (non-hydrogen) atoms. The van der Waals surface area contributed by atoms with Gasteiger partial charge in [0.05, 0.1) is 4.90 Å². The molecule has 2 aliphatic rings. The van der Waals surface area contributed by atoms with E-state index in [4.69, 9.17) is 20.9 Å². The zero-order chi connectivity index (χ0) is 38.0. The smallest absolute Gasteiger partial charge is 0.407 e. The first-order valence-electron chi connectivity index (χ1n) is 17.0. The minimum absolute atomic E-state index is 0.0236. The average molecular weight is 735 g/mol. The number of ether oxygens (including phenoxy) is 2. The van der Waals surface area contributed by atoms with Crippen LogP contribution >= 0.6 is 0 Å². The first-order valence-corrected chi connectivity index (χ1v) is 18.5. The van der Waals surface area contributed by atoms with Crippen molar-refractivity contribution in [3.8, 4) is 16.9 Å². The maximum Gasteiger partial charge on any atom is 0.407 e. The van der Waals surface area contributed by atoms with Crippen LogP contribution in [-0.2, 0) is 30.8 Å². The molecule has 278 valence electrons. The zero-order valence-corrected chi connectivity index (χ0v) is 30.7. The number of aliphatic imine (C=N–C) groups is 1. The van der Waals surface area contributed by atoms with Gasteiger partial charge in [0.25, 0.3) is 10.0 Å². The summed E-state index contributed by atoms with van der Waals surface area (Å²) in [6, 6.07) is 13.1. The Balaban J connectivity index is 1.13. The van der Waals surface area contributed by atoms with E-state index in [-0.39, 0.29) is 49.3 Å². The molecule has 1 heterocycles. The molecule has 3 aromatic rings. The fourth-order valence-corrected chi connectivity index (χ4v) is 8.43. The largest absolute Gasteiger partial charge is 0.487 e. The average Bonchev–Trinajstić information content (AvgIpc) is 3.60. The number of alkyl carbamates (subject to hydrolysis) is 1. The molecule has 5 rings (SSSR count). The third-order valence-electron chi connectivity index (χ3n) is 9.54. The van der Waals surface area contributed by atoms with Crippen LogP contribution in [0.5, 0.6) is 5.75 Å². The first kappa shape index (κ1) is 38.1. The highest BCUT2D eigenvalue weighted by Crippen LogP contribution is 2.45. The molecule has 2 atom stereocenters. The van der Waals surface area contributed by atoms with E-state index in [1.165, 1.54) is 0 Å². The number of carbonyl (C=O) groups excluding carboxylic acids is 2. The van der Waals surface area contributed by atoms with Crippen LogP contribution in [0.3, 0.4) is 0 Å². The van der Waals surface area contributed by atoms with E-state index in [9.17, 15) is 27.9 Å². The van der Waals surface area contributed by atoms with Crippen molar-refractivity contribution in [1.82, 2.24) is 15.4 Å². The SMILES string of the molecule is Cc1c(C)c(S(=O)(=O)NC(N)=NCCC[C@H](NC(=O)[C@H](CN)NC(=O)OCC2c3ccccc3-c3ccccc32)C(=O)O)c(C)c2c1OC(C)(C)C2. The van der Waals surface area contributed by atoms with Crippen LogP contribution in [0.1, 0.15) is 66.0 Å². The van der Waals surface area contributed by atoms with Crippen molar-refractivity contribution in [2.24, 2.45) is 16.5 Å². The van der Waals surface area contributed by atoms with Gasteiger partial charge in [0.1, 0.15) is 30.0 Å². The maximum atomic E-state index is 13.4. The van der Waals surface area contributed by atoms with Crippen LogP contribution in [0.2, 0.25) is 0 Å². The van der Waals surface area contributed by atoms with E-state index in [1.54, 1.807) is 13.8 Å². The highest BCUT2D eigenvalue weighted by molar-refractivity contribution is 7.90. The Bertz CT molecular complexity index is 1980. The van der Waals surface area contributed by atoms with Gasteiger partial charge in [-0.05, 0) is 86.4 Å². The molecule has 0 fully saturated rings. The van der Waals surface area contributed by atoms with Gasteiger partial charge in [-0.25, -0.2) is 22.7 Å². The predicted octanol–water partition coefficient (Wildman–Crippen LogP) is 3.13. The van der Waals surface area contributed by atoms with Gasteiger partial charge in [-0.1, -0.05) is 48.5 Å². The molecular weight excluding hydrogens is 689 g/mol. The second-order valence-electron chi connectivity index (χ2n) is 13.7. The lowest BCUT2D eigenvalue weighted by atomic mass is 9.94. The lowest BCUT2D eigenvalue weighted by molar-refractivity contribution is -0.142. The summed E-state index contributed by atoms with van der Waals surface area (Å²) in [5.41, 5.74) is 18.1. The van der Waals surface area contributed by atoms with Gasteiger partial charge in [-0.15, -0.1) is 0 Å². The minimum atomic E-state index is -4.11. The molecule has 0 saturated carbocycles. The summed E-state index contributed by atoms with van der Waals surface area (Å²) in [5, 5.41) is 14.6. The van der Waals surface area contributed by atoms with Gasteiger partial charge in [-0.2, -0.15) is 0 Å². The van der Waals surface area contributed by atoms with Crippen LogP contribution in [0, 0.1) is 20.8 Å². The van der Waals surface area contributed by atoms with Crippen molar-refractivity contribution < 1.29 is 37.4 Å². The van der Waals surface area contributed by atoms with Crippen LogP contribution in [0.25, 0.3) is 11.1 Å². The summed E-state index contributed by atoms with van der Waals surface area (Å²) in [4.78, 5) is 41.9. The number of rotatable bonds is 13. The number of nitrogens with zero attached hydrogens (tertiary/aromatic N) is 1. The first-order chi connectivity index (χ1) is 24.5. The molecule has 1 aliphatic heterocycles. The summed E-state index contributed by atoms with van der Waals surface area (Å²) in [5.74, 6) is -1.96. The molecule has 0 unspecified atom stereocenters. The van der Waals surface area contributed by atoms with Crippen molar-refractivity contribution >= 4 is 34.0 Å². The number of hydrogen-bond donors (Lipinski definition) is 6. The number of fused-ring (bicyclic) bond motifs is 4. The van der Waals surface area contributed by atoms with E-state index in [0.29, 0.717) is 23.3 Å². The number of nitrogens with two attached hydrogens (primary N) is 2. The standard InChI is InChI=1S/C37H46N6O8S/c1-20-21(2)32(22(3)27-17-37(4,5)51-31(20)27)52(48,49)43-35(39)40-16-10-15-29(34(45)46)41-33(44)30(18-38)42-36(47)50-19-28-25-13-8-6-11-23(25)24-12-7-9-14-26(24)28/h6-9,11-14,28-30H,10,15-19,38H2,1-5H3,(H,41,44)(H,42,47)(H,45,46)(H3,39,40,43)/t29-,30-/m0/s1. The molecule has 0 saturated heterocycles. The second kappa shape index (κ2) is 15.2. The zero-order valence-electron chi connectivity index (χ0n) is 29.9. The number of hydrogen-bond acceptors (Lipinski definition) is 9. The Morgan fingerprint density at radius 2 is 1.60 bits per heavy atom. The molecule has 14 nitrogen and oxygen atoms in total. The van der Waals surface area contributed by atoms with Crippen molar-refractivity contribution in [3.63, 3.8) is 0 Å². The fraction of sp³-hybridized carbons (Fsp3) is 0.405. The number of guanidine groups is 1. The van der Waals surface area contributed by atoms with Gasteiger partial charge in [-0.3, -0.25) is 9.79 Å². The Morgan fingerprint density at radius 3 is 2.19 bits per heavy atom. The lowest BCUT2D eigenvalue weighted by Gasteiger charge is -2.21. The lowest BCUT2D eigenvalue weighted by Crippen LogP contribution is -2.54. The molecular formula is C37H46N6O8S. The molecule has 1 aliphatic carbocycles. The van der Waals surface area contributed by atoms with Crippen LogP contribution in [0.4, 0.5) is 4.79 Å². The molecule has 3 aromatic carbocycles. The van der Waals surface area contributed by atoms with Crippen molar-refractivity contribution in [2.45, 2.75) is 82.4 Å². The van der Waals surface area contributed by atoms with E-state index < -0.39 is 45.7 Å². The number of amides is 2. The second-order valence-corrected chi connectivity index (χ2v) is 15.3. The normalized spacial score (nSPS) is 15.8. The number of sulfonamides is 1. The van der Waals surface area contributed by atoms with Crippen molar-refractivity contribution in [3.05, 3.63) is 81.9 Å². The van der Waals surface area contributed by atoms with E-state index in [1.807, 2.05) is 69.3 Å². The van der Waals surface area contributed by atoms with Gasteiger partial charge in [0, 0.05) is 31.0 Å². The van der Waals surface area contributed by atoms with E-state index in [2.05, 4.69) is 20.3 Å².